The molecule has 0 unspecified atom stereocenters. The molecule has 12 nitrogen and oxygen atoms in total. The van der Waals surface area contributed by atoms with Crippen molar-refractivity contribution in [1.82, 2.24) is 0 Å². The summed E-state index contributed by atoms with van der Waals surface area (Å²) in [5, 5.41) is 38.5. The van der Waals surface area contributed by atoms with E-state index in [1.165, 1.54) is 42.1 Å². The Bertz CT molecular complexity index is 433. The van der Waals surface area contributed by atoms with Gasteiger partial charge in [0.05, 0.1) is 35.0 Å². The summed E-state index contributed by atoms with van der Waals surface area (Å²) in [6.45, 7) is 3.87. The molecule has 0 saturated carbocycles. The third-order valence-corrected chi connectivity index (χ3v) is 1.57. The van der Waals surface area contributed by atoms with Gasteiger partial charge in [-0.15, -0.1) is 0 Å². The van der Waals surface area contributed by atoms with Crippen LogP contribution in [0, 0.1) is 0 Å². The van der Waals surface area contributed by atoms with Crippen LogP contribution >= 0.6 is 0 Å². The molecular formula is C12H18N3O9Ru. The summed E-state index contributed by atoms with van der Waals surface area (Å²) < 4.78 is 0. The van der Waals surface area contributed by atoms with E-state index in [0.29, 0.717) is 0 Å². The summed E-state index contributed by atoms with van der Waals surface area (Å²) in [6.07, 6.45) is 0. The molecule has 143 valence electrons. The van der Waals surface area contributed by atoms with Crippen LogP contribution in [-0.2, 0) is 48.4 Å². The number of carbonyl (C=O) groups is 3. The first kappa shape index (κ1) is 30.3. The van der Waals surface area contributed by atoms with Crippen LogP contribution < -0.4 is 15.3 Å². The Morgan fingerprint density at radius 2 is 0.760 bits per heavy atom. The van der Waals surface area contributed by atoms with Crippen molar-refractivity contribution < 1.29 is 63.7 Å². The zero-order valence-electron chi connectivity index (χ0n) is 14.4. The number of carboxylic acids is 3. The predicted octanol–water partition coefficient (Wildman–Crippen LogP) is -3.73. The van der Waals surface area contributed by atoms with Crippen molar-refractivity contribution in [2.75, 3.05) is 21.3 Å². The van der Waals surface area contributed by atoms with Gasteiger partial charge in [0, 0.05) is 0 Å². The standard InChI is InChI=1S/3C4H7NO3.Ru/c3*1-3(4(6)7)5-8-2;/h3*1-2H3,(H,6,7);/q;;;+3/p-3. The van der Waals surface area contributed by atoms with E-state index in [4.69, 9.17) is 0 Å². The molecule has 0 aliphatic carbocycles. The van der Waals surface area contributed by atoms with Crippen molar-refractivity contribution in [1.29, 1.82) is 0 Å². The molecule has 0 aromatic carbocycles. The van der Waals surface area contributed by atoms with Crippen molar-refractivity contribution in [3.8, 4) is 0 Å². The van der Waals surface area contributed by atoms with E-state index in [1.807, 2.05) is 0 Å². The van der Waals surface area contributed by atoms with Gasteiger partial charge in [-0.1, -0.05) is 15.5 Å². The van der Waals surface area contributed by atoms with Gasteiger partial charge in [0.15, 0.2) is 0 Å². The van der Waals surface area contributed by atoms with E-state index in [0.717, 1.165) is 0 Å². The van der Waals surface area contributed by atoms with Crippen LogP contribution in [0.5, 0.6) is 0 Å². The topological polar surface area (TPSA) is 185 Å². The fourth-order valence-corrected chi connectivity index (χ4v) is 0.523. The molecule has 0 spiro atoms. The average molecular weight is 449 g/mol. The molecule has 0 amide bonds. The van der Waals surface area contributed by atoms with Gasteiger partial charge in [-0.3, -0.25) is 0 Å². The molecule has 25 heavy (non-hydrogen) atoms. The van der Waals surface area contributed by atoms with Crippen LogP contribution in [0.25, 0.3) is 0 Å². The summed E-state index contributed by atoms with van der Waals surface area (Å²) >= 11 is 0. The maximum Gasteiger partial charge on any atom is 3.00 e. The number of carbonyl (C=O) groups excluding carboxylic acids is 3. The first-order valence-corrected chi connectivity index (χ1v) is 5.92. The molecule has 0 aromatic rings. The molecule has 0 aliphatic rings. The van der Waals surface area contributed by atoms with Gasteiger partial charge in [0.1, 0.15) is 21.3 Å². The Balaban J connectivity index is -0.000000130. The zero-order valence-corrected chi connectivity index (χ0v) is 16.1. The van der Waals surface area contributed by atoms with Crippen LogP contribution in [0.1, 0.15) is 20.8 Å². The number of rotatable bonds is 6. The second-order valence-electron chi connectivity index (χ2n) is 3.44. The Morgan fingerprint density at radius 1 is 0.600 bits per heavy atom. The Labute approximate surface area is 156 Å². The molecule has 0 N–H and O–H groups in total. The monoisotopic (exact) mass is 450 g/mol. The first-order chi connectivity index (χ1) is 11.0. The normalized spacial score (nSPS) is 10.6. The number of oxime groups is 3. The van der Waals surface area contributed by atoms with Crippen LogP contribution in [0.15, 0.2) is 15.5 Å². The Morgan fingerprint density at radius 3 is 0.800 bits per heavy atom. The van der Waals surface area contributed by atoms with Gasteiger partial charge >= 0.3 is 19.5 Å². The summed E-state index contributed by atoms with van der Waals surface area (Å²) in [6, 6.07) is 0. The van der Waals surface area contributed by atoms with Crippen LogP contribution in [0.4, 0.5) is 0 Å². The van der Waals surface area contributed by atoms with Crippen LogP contribution in [0.2, 0.25) is 0 Å². The smallest absolute Gasteiger partial charge is 0.543 e. The minimum Gasteiger partial charge on any atom is -0.543 e. The average Bonchev–Trinajstić information content (AvgIpc) is 2.49. The van der Waals surface area contributed by atoms with Crippen molar-refractivity contribution in [3.63, 3.8) is 0 Å². The number of hydrogen-bond donors (Lipinski definition) is 0. The van der Waals surface area contributed by atoms with Crippen molar-refractivity contribution in [2.24, 2.45) is 15.5 Å². The third-order valence-electron chi connectivity index (χ3n) is 1.57. The fraction of sp³-hybridized carbons (Fsp3) is 0.500. The molecule has 0 saturated heterocycles. The van der Waals surface area contributed by atoms with Gasteiger partial charge < -0.3 is 44.2 Å². The molecule has 0 atom stereocenters. The van der Waals surface area contributed by atoms with Crippen LogP contribution in [0.3, 0.4) is 0 Å². The molecule has 0 aromatic heterocycles. The zero-order chi connectivity index (χ0) is 19.7. The molecule has 0 heterocycles. The Hall–Kier alpha value is -2.56. The van der Waals surface area contributed by atoms with Crippen LogP contribution in [-0.4, -0.2) is 56.4 Å². The van der Waals surface area contributed by atoms with E-state index >= 15 is 0 Å². The van der Waals surface area contributed by atoms with Gasteiger partial charge in [-0.25, -0.2) is 0 Å². The van der Waals surface area contributed by atoms with Crippen molar-refractivity contribution in [3.05, 3.63) is 0 Å². The second-order valence-corrected chi connectivity index (χ2v) is 3.44. The summed E-state index contributed by atoms with van der Waals surface area (Å²) in [7, 11) is 3.81. The fourth-order valence-electron chi connectivity index (χ4n) is 0.523. The van der Waals surface area contributed by atoms with E-state index in [2.05, 4.69) is 30.0 Å². The minimum atomic E-state index is -1.31. The molecular weight excluding hydrogens is 431 g/mol. The van der Waals surface area contributed by atoms with Crippen molar-refractivity contribution >= 4 is 35.0 Å². The number of aliphatic carboxylic acids is 3. The van der Waals surface area contributed by atoms with Gasteiger partial charge in [0.2, 0.25) is 0 Å². The maximum atomic E-state index is 9.77. The minimum absolute atomic E-state index is 0. The molecule has 0 rings (SSSR count). The Kier molecular flexibility index (Phi) is 23.7. The largest absolute Gasteiger partial charge is 3.00 e. The molecule has 0 aliphatic heterocycles. The van der Waals surface area contributed by atoms with E-state index in [1.54, 1.807) is 0 Å². The van der Waals surface area contributed by atoms with E-state index in [-0.39, 0.29) is 36.6 Å². The van der Waals surface area contributed by atoms with Gasteiger partial charge in [-0.2, -0.15) is 0 Å². The number of hydrogen-bond acceptors (Lipinski definition) is 12. The van der Waals surface area contributed by atoms with Gasteiger partial charge in [-0.05, 0) is 20.8 Å². The second kappa shape index (κ2) is 19.5. The van der Waals surface area contributed by atoms with Crippen molar-refractivity contribution in [2.45, 2.75) is 20.8 Å². The van der Waals surface area contributed by atoms with Gasteiger partial charge in [0.25, 0.3) is 0 Å². The molecule has 0 fully saturated rings. The number of nitrogens with zero attached hydrogens (tertiary/aromatic N) is 3. The SMILES string of the molecule is CON=C(C)C(=O)[O-].CON=C(C)C(=O)[O-].CON=C(C)C(=O)[O-].[Ru+3]. The quantitative estimate of drug-likeness (QED) is 0.223. The molecule has 13 heteroatoms. The first-order valence-electron chi connectivity index (χ1n) is 5.92. The third kappa shape index (κ3) is 23.8. The summed E-state index contributed by atoms with van der Waals surface area (Å²) in [5.41, 5.74) is -0.479. The molecule has 0 bridgehead atoms. The van der Waals surface area contributed by atoms with E-state index in [9.17, 15) is 29.7 Å². The predicted molar refractivity (Wildman–Crippen MR) is 75.4 cm³/mol. The van der Waals surface area contributed by atoms with E-state index < -0.39 is 17.9 Å². The summed E-state index contributed by atoms with van der Waals surface area (Å²) in [4.78, 5) is 41.7. The summed E-state index contributed by atoms with van der Waals surface area (Å²) in [5.74, 6) is -3.94. The number of carboxylic acid groups (broad SMARTS) is 3. The molecule has 1 radical (unpaired) electrons. The maximum absolute atomic E-state index is 9.77.